The molecular weight excluding hydrogens is 376 g/mol. The van der Waals surface area contributed by atoms with Crippen LogP contribution in [0.1, 0.15) is 17.0 Å². The predicted molar refractivity (Wildman–Crippen MR) is 90.0 cm³/mol. The lowest BCUT2D eigenvalue weighted by atomic mass is 10.2. The summed E-state index contributed by atoms with van der Waals surface area (Å²) in [6.45, 7) is 3.70. The van der Waals surface area contributed by atoms with Crippen LogP contribution in [0.3, 0.4) is 0 Å². The van der Waals surface area contributed by atoms with Gasteiger partial charge in [-0.1, -0.05) is 12.1 Å². The Labute approximate surface area is 145 Å². The summed E-state index contributed by atoms with van der Waals surface area (Å²) in [4.78, 5) is 5.07. The third kappa shape index (κ3) is 3.28. The second-order valence-electron chi connectivity index (χ2n) is 4.79. The van der Waals surface area contributed by atoms with Gasteiger partial charge in [0, 0.05) is 15.1 Å². The number of rotatable bonds is 3. The summed E-state index contributed by atoms with van der Waals surface area (Å²) < 4.78 is 6.60. The van der Waals surface area contributed by atoms with Crippen LogP contribution < -0.4 is 0 Å². The van der Waals surface area contributed by atoms with E-state index in [-0.39, 0.29) is 0 Å². The van der Waals surface area contributed by atoms with Crippen molar-refractivity contribution in [2.24, 2.45) is 0 Å². The SMILES string of the molecule is Cc1cc(Sc2nnc(-c3ccccc3Br)o2)c(C#N)c(C)n1. The Morgan fingerprint density at radius 1 is 1.22 bits per heavy atom. The van der Waals surface area contributed by atoms with Crippen LogP contribution in [0.2, 0.25) is 0 Å². The van der Waals surface area contributed by atoms with E-state index in [1.54, 1.807) is 0 Å². The highest BCUT2D eigenvalue weighted by molar-refractivity contribution is 9.10. The average Bonchev–Trinajstić information content (AvgIpc) is 2.95. The molecule has 5 nitrogen and oxygen atoms in total. The van der Waals surface area contributed by atoms with Gasteiger partial charge in [0.05, 0.1) is 16.8 Å². The van der Waals surface area contributed by atoms with E-state index in [2.05, 4.69) is 37.2 Å². The van der Waals surface area contributed by atoms with Crippen molar-refractivity contribution in [2.75, 3.05) is 0 Å². The van der Waals surface area contributed by atoms with Crippen molar-refractivity contribution in [1.82, 2.24) is 15.2 Å². The van der Waals surface area contributed by atoms with Crippen LogP contribution in [-0.4, -0.2) is 15.2 Å². The van der Waals surface area contributed by atoms with E-state index < -0.39 is 0 Å². The lowest BCUT2D eigenvalue weighted by Crippen LogP contribution is -1.94. The minimum absolute atomic E-state index is 0.386. The van der Waals surface area contributed by atoms with Crippen molar-refractivity contribution in [3.05, 3.63) is 51.8 Å². The smallest absolute Gasteiger partial charge is 0.281 e. The van der Waals surface area contributed by atoms with Crippen molar-refractivity contribution < 1.29 is 4.42 Å². The van der Waals surface area contributed by atoms with Gasteiger partial charge < -0.3 is 4.42 Å². The maximum Gasteiger partial charge on any atom is 0.281 e. The van der Waals surface area contributed by atoms with Gasteiger partial charge in [0.25, 0.3) is 5.22 Å². The Balaban J connectivity index is 1.95. The fraction of sp³-hybridized carbons (Fsp3) is 0.125. The molecule has 2 aromatic heterocycles. The first-order chi connectivity index (χ1) is 11.1. The number of hydrogen-bond donors (Lipinski definition) is 0. The van der Waals surface area contributed by atoms with Crippen molar-refractivity contribution in [1.29, 1.82) is 5.26 Å². The zero-order chi connectivity index (χ0) is 16.4. The number of hydrogen-bond acceptors (Lipinski definition) is 6. The predicted octanol–water partition coefficient (Wildman–Crippen LogP) is 4.53. The fourth-order valence-electron chi connectivity index (χ4n) is 2.10. The molecule has 23 heavy (non-hydrogen) atoms. The zero-order valence-corrected chi connectivity index (χ0v) is 14.8. The Morgan fingerprint density at radius 2 is 2.00 bits per heavy atom. The van der Waals surface area contributed by atoms with Crippen LogP contribution in [0.15, 0.2) is 49.3 Å². The van der Waals surface area contributed by atoms with Gasteiger partial charge in [-0.3, -0.25) is 4.98 Å². The molecule has 0 aliphatic heterocycles. The van der Waals surface area contributed by atoms with E-state index in [9.17, 15) is 5.26 Å². The van der Waals surface area contributed by atoms with E-state index in [4.69, 9.17) is 4.42 Å². The van der Waals surface area contributed by atoms with E-state index in [0.29, 0.717) is 22.4 Å². The largest absolute Gasteiger partial charge is 0.411 e. The van der Waals surface area contributed by atoms with Crippen LogP contribution in [0, 0.1) is 25.2 Å². The Morgan fingerprint density at radius 3 is 2.74 bits per heavy atom. The third-order valence-corrected chi connectivity index (χ3v) is 4.69. The summed E-state index contributed by atoms with van der Waals surface area (Å²) in [7, 11) is 0. The number of nitriles is 1. The summed E-state index contributed by atoms with van der Waals surface area (Å²) >= 11 is 4.74. The first-order valence-electron chi connectivity index (χ1n) is 6.73. The van der Waals surface area contributed by atoms with Crippen molar-refractivity contribution in [3.63, 3.8) is 0 Å². The molecule has 0 fully saturated rings. The minimum atomic E-state index is 0.386. The molecule has 0 saturated heterocycles. The maximum atomic E-state index is 9.31. The maximum absolute atomic E-state index is 9.31. The minimum Gasteiger partial charge on any atom is -0.411 e. The summed E-state index contributed by atoms with van der Waals surface area (Å²) in [5, 5.41) is 17.8. The van der Waals surface area contributed by atoms with Gasteiger partial charge in [0.1, 0.15) is 6.07 Å². The number of halogens is 1. The van der Waals surface area contributed by atoms with E-state index in [1.807, 2.05) is 44.2 Å². The van der Waals surface area contributed by atoms with Crippen molar-refractivity contribution >= 4 is 27.7 Å². The quantitative estimate of drug-likeness (QED) is 0.657. The van der Waals surface area contributed by atoms with Crippen LogP contribution in [0.25, 0.3) is 11.5 Å². The summed E-state index contributed by atoms with van der Waals surface area (Å²) in [6, 6.07) is 11.7. The van der Waals surface area contributed by atoms with E-state index in [0.717, 1.165) is 20.6 Å². The molecule has 0 bridgehead atoms. The molecule has 0 spiro atoms. The first-order valence-corrected chi connectivity index (χ1v) is 8.34. The summed E-state index contributed by atoms with van der Waals surface area (Å²) in [5.74, 6) is 0.431. The lowest BCUT2D eigenvalue weighted by molar-refractivity contribution is 0.465. The van der Waals surface area contributed by atoms with Gasteiger partial charge in [0.15, 0.2) is 0 Å². The standard InChI is InChI=1S/C16H11BrN4OS/c1-9-7-14(12(8-18)10(2)19-9)23-16-21-20-15(22-16)11-5-3-4-6-13(11)17/h3-7H,1-2H3. The van der Waals surface area contributed by atoms with Crippen molar-refractivity contribution in [3.8, 4) is 17.5 Å². The zero-order valence-electron chi connectivity index (χ0n) is 12.4. The molecule has 114 valence electrons. The Bertz CT molecular complexity index is 917. The van der Waals surface area contributed by atoms with Gasteiger partial charge in [0.2, 0.25) is 5.89 Å². The van der Waals surface area contributed by atoms with Crippen LogP contribution >= 0.6 is 27.7 Å². The third-order valence-electron chi connectivity index (χ3n) is 3.11. The molecule has 0 saturated carbocycles. The van der Waals surface area contributed by atoms with Gasteiger partial charge >= 0.3 is 0 Å². The molecule has 3 aromatic rings. The fourth-order valence-corrected chi connectivity index (χ4v) is 3.47. The second kappa shape index (κ2) is 6.52. The molecule has 0 radical (unpaired) electrons. The van der Waals surface area contributed by atoms with Crippen LogP contribution in [-0.2, 0) is 0 Å². The molecule has 0 unspecified atom stereocenters. The molecule has 7 heteroatoms. The van der Waals surface area contributed by atoms with Crippen LogP contribution in [0.4, 0.5) is 0 Å². The number of aromatic nitrogens is 3. The van der Waals surface area contributed by atoms with E-state index in [1.165, 1.54) is 11.8 Å². The number of benzene rings is 1. The van der Waals surface area contributed by atoms with Gasteiger partial charge in [-0.05, 0) is 59.7 Å². The molecule has 0 N–H and O–H groups in total. The highest BCUT2D eigenvalue weighted by Gasteiger charge is 2.15. The molecule has 1 aromatic carbocycles. The summed E-state index contributed by atoms with van der Waals surface area (Å²) in [5.41, 5.74) is 2.89. The molecule has 0 aliphatic carbocycles. The molecule has 0 aliphatic rings. The Hall–Kier alpha value is -2.17. The van der Waals surface area contributed by atoms with Crippen molar-refractivity contribution in [2.45, 2.75) is 24.0 Å². The highest BCUT2D eigenvalue weighted by atomic mass is 79.9. The molecule has 0 atom stereocenters. The molecule has 2 heterocycles. The number of nitrogens with zero attached hydrogens (tertiary/aromatic N) is 4. The topological polar surface area (TPSA) is 75.6 Å². The lowest BCUT2D eigenvalue weighted by Gasteiger charge is -2.04. The molecular formula is C16H11BrN4OS. The molecule has 3 rings (SSSR count). The first kappa shape index (κ1) is 15.7. The Kier molecular flexibility index (Phi) is 4.46. The highest BCUT2D eigenvalue weighted by Crippen LogP contribution is 2.34. The second-order valence-corrected chi connectivity index (χ2v) is 6.64. The number of pyridine rings is 1. The summed E-state index contributed by atoms with van der Waals surface area (Å²) in [6.07, 6.45) is 0. The van der Waals surface area contributed by atoms with Crippen LogP contribution in [0.5, 0.6) is 0 Å². The van der Waals surface area contributed by atoms with Gasteiger partial charge in [-0.25, -0.2) is 0 Å². The normalized spacial score (nSPS) is 10.5. The van der Waals surface area contributed by atoms with Gasteiger partial charge in [-0.15, -0.1) is 10.2 Å². The van der Waals surface area contributed by atoms with Gasteiger partial charge in [-0.2, -0.15) is 5.26 Å². The molecule has 0 amide bonds. The van der Waals surface area contributed by atoms with E-state index >= 15 is 0 Å². The average molecular weight is 387 g/mol. The number of aryl methyl sites for hydroxylation is 2. The monoisotopic (exact) mass is 386 g/mol.